The van der Waals surface area contributed by atoms with Gasteiger partial charge in [-0.25, -0.2) is 4.79 Å². The van der Waals surface area contributed by atoms with Gasteiger partial charge in [-0.15, -0.1) is 0 Å². The highest BCUT2D eigenvalue weighted by atomic mass is 16.5. The molecule has 0 N–H and O–H groups in total. The van der Waals surface area contributed by atoms with Crippen molar-refractivity contribution in [3.05, 3.63) is 42.3 Å². The van der Waals surface area contributed by atoms with Gasteiger partial charge in [-0.2, -0.15) is 0 Å². The molecule has 2 rings (SSSR count). The molecule has 16 heavy (non-hydrogen) atoms. The van der Waals surface area contributed by atoms with Crippen molar-refractivity contribution in [3.63, 3.8) is 0 Å². The highest BCUT2D eigenvalue weighted by molar-refractivity contribution is 5.90. The Balaban J connectivity index is 2.12. The van der Waals surface area contributed by atoms with Crippen molar-refractivity contribution in [2.45, 2.75) is 0 Å². The smallest absolute Gasteiger partial charge is 0.348 e. The molecule has 0 amide bonds. The molecule has 0 atom stereocenters. The number of carbonyl (C=O) groups is 1. The lowest BCUT2D eigenvalue weighted by Crippen LogP contribution is -2.07. The molecule has 0 saturated heterocycles. The number of hydrogen-bond donors (Lipinski definition) is 0. The zero-order chi connectivity index (χ0) is 11.4. The summed E-state index contributed by atoms with van der Waals surface area (Å²) >= 11 is 0. The van der Waals surface area contributed by atoms with Gasteiger partial charge in [0.05, 0.1) is 13.3 Å². The lowest BCUT2D eigenvalue weighted by molar-refractivity contribution is 0.0734. The Labute approximate surface area is 91.6 Å². The summed E-state index contributed by atoms with van der Waals surface area (Å²) in [6.07, 6.45) is 2.52. The summed E-state index contributed by atoms with van der Waals surface area (Å²) in [5.74, 6) is 0.510. The highest BCUT2D eigenvalue weighted by Crippen LogP contribution is 2.19. The number of aromatic nitrogens is 1. The van der Waals surface area contributed by atoms with Crippen LogP contribution in [0.25, 0.3) is 0 Å². The Morgan fingerprint density at radius 2 is 2.19 bits per heavy atom. The summed E-state index contributed by atoms with van der Waals surface area (Å²) in [5, 5.41) is 3.42. The van der Waals surface area contributed by atoms with Crippen molar-refractivity contribution in [1.82, 2.24) is 5.16 Å². The van der Waals surface area contributed by atoms with E-state index in [2.05, 4.69) is 9.68 Å². The summed E-state index contributed by atoms with van der Waals surface area (Å²) < 4.78 is 14.6. The molecule has 0 radical (unpaired) electrons. The van der Waals surface area contributed by atoms with Gasteiger partial charge in [0.1, 0.15) is 23.3 Å². The molecule has 0 aliphatic heterocycles. The van der Waals surface area contributed by atoms with Gasteiger partial charge in [0, 0.05) is 6.07 Å². The second-order valence-corrected chi connectivity index (χ2v) is 2.98. The fourth-order valence-electron chi connectivity index (χ4n) is 1.14. The number of methoxy groups -OCH3 is 1. The van der Waals surface area contributed by atoms with E-state index in [1.165, 1.54) is 12.5 Å². The lowest BCUT2D eigenvalue weighted by atomic mass is 10.3. The van der Waals surface area contributed by atoms with Crippen LogP contribution in [0.4, 0.5) is 0 Å². The predicted molar refractivity (Wildman–Crippen MR) is 54.5 cm³/mol. The summed E-state index contributed by atoms with van der Waals surface area (Å²) in [5.41, 5.74) is 0.266. The van der Waals surface area contributed by atoms with E-state index >= 15 is 0 Å². The molecule has 1 aromatic carbocycles. The highest BCUT2D eigenvalue weighted by Gasteiger charge is 2.10. The molecule has 0 spiro atoms. The van der Waals surface area contributed by atoms with Crippen molar-refractivity contribution in [2.75, 3.05) is 7.11 Å². The van der Waals surface area contributed by atoms with Crippen molar-refractivity contribution in [2.24, 2.45) is 0 Å². The minimum atomic E-state index is -0.519. The van der Waals surface area contributed by atoms with Gasteiger partial charge in [0.2, 0.25) is 0 Å². The van der Waals surface area contributed by atoms with Crippen molar-refractivity contribution in [3.8, 4) is 11.5 Å². The van der Waals surface area contributed by atoms with Gasteiger partial charge in [-0.05, 0) is 12.1 Å². The monoisotopic (exact) mass is 219 g/mol. The molecule has 0 saturated carbocycles. The van der Waals surface area contributed by atoms with Gasteiger partial charge >= 0.3 is 5.97 Å². The van der Waals surface area contributed by atoms with E-state index in [1.807, 2.05) is 0 Å². The first-order chi connectivity index (χ1) is 7.79. The molecule has 0 fully saturated rings. The maximum absolute atomic E-state index is 11.5. The number of benzene rings is 1. The van der Waals surface area contributed by atoms with E-state index in [-0.39, 0.29) is 5.56 Å². The largest absolute Gasteiger partial charge is 0.497 e. The zero-order valence-electron chi connectivity index (χ0n) is 8.54. The summed E-state index contributed by atoms with van der Waals surface area (Å²) in [6, 6.07) is 6.77. The Morgan fingerprint density at radius 1 is 1.38 bits per heavy atom. The third-order valence-electron chi connectivity index (χ3n) is 1.92. The number of carbonyl (C=O) groups excluding carboxylic acids is 1. The molecular formula is C11H9NO4. The summed E-state index contributed by atoms with van der Waals surface area (Å²) in [4.78, 5) is 11.5. The van der Waals surface area contributed by atoms with E-state index in [9.17, 15) is 4.79 Å². The molecule has 0 bridgehead atoms. The molecule has 5 heteroatoms. The van der Waals surface area contributed by atoms with Crippen LogP contribution in [0.3, 0.4) is 0 Å². The first kappa shape index (κ1) is 10.2. The van der Waals surface area contributed by atoms with Crippen LogP contribution in [-0.2, 0) is 0 Å². The molecule has 82 valence electrons. The van der Waals surface area contributed by atoms with Crippen LogP contribution in [0.15, 0.2) is 41.2 Å². The van der Waals surface area contributed by atoms with E-state index in [1.54, 1.807) is 31.4 Å². The maximum Gasteiger partial charge on any atom is 0.348 e. The van der Waals surface area contributed by atoms with Crippen LogP contribution in [0.1, 0.15) is 10.4 Å². The SMILES string of the molecule is COc1cccc(OC(=O)c2cnoc2)c1. The number of rotatable bonds is 3. The third-order valence-corrected chi connectivity index (χ3v) is 1.92. The molecule has 2 aromatic rings. The van der Waals surface area contributed by atoms with Crippen LogP contribution in [0.5, 0.6) is 11.5 Å². The molecular weight excluding hydrogens is 210 g/mol. The van der Waals surface area contributed by atoms with Crippen LogP contribution in [0, 0.1) is 0 Å². The summed E-state index contributed by atoms with van der Waals surface area (Å²) in [7, 11) is 1.54. The Bertz CT molecular complexity index is 478. The Morgan fingerprint density at radius 3 is 2.88 bits per heavy atom. The van der Waals surface area contributed by atoms with Gasteiger partial charge in [0.15, 0.2) is 0 Å². The molecule has 5 nitrogen and oxygen atoms in total. The third kappa shape index (κ3) is 2.20. The van der Waals surface area contributed by atoms with Crippen LogP contribution < -0.4 is 9.47 Å². The average molecular weight is 219 g/mol. The zero-order valence-corrected chi connectivity index (χ0v) is 8.54. The first-order valence-corrected chi connectivity index (χ1v) is 4.55. The van der Waals surface area contributed by atoms with E-state index in [4.69, 9.17) is 9.47 Å². The standard InChI is InChI=1S/C11H9NO4/c1-14-9-3-2-4-10(5-9)16-11(13)8-6-12-15-7-8/h2-7H,1H3. The number of hydrogen-bond acceptors (Lipinski definition) is 5. The summed E-state index contributed by atoms with van der Waals surface area (Å²) in [6.45, 7) is 0. The predicted octanol–water partition coefficient (Wildman–Crippen LogP) is 1.90. The van der Waals surface area contributed by atoms with E-state index in [0.717, 1.165) is 0 Å². The van der Waals surface area contributed by atoms with Crippen molar-refractivity contribution < 1.29 is 18.8 Å². The van der Waals surface area contributed by atoms with E-state index < -0.39 is 5.97 Å². The number of nitrogens with zero attached hydrogens (tertiary/aromatic N) is 1. The van der Waals surface area contributed by atoms with Gasteiger partial charge < -0.3 is 14.0 Å². The van der Waals surface area contributed by atoms with Crippen LogP contribution in [0.2, 0.25) is 0 Å². The first-order valence-electron chi connectivity index (χ1n) is 4.55. The molecule has 1 aromatic heterocycles. The van der Waals surface area contributed by atoms with Gasteiger partial charge in [-0.3, -0.25) is 0 Å². The van der Waals surface area contributed by atoms with E-state index in [0.29, 0.717) is 11.5 Å². The van der Waals surface area contributed by atoms with Gasteiger partial charge in [0.25, 0.3) is 0 Å². The Kier molecular flexibility index (Phi) is 2.86. The van der Waals surface area contributed by atoms with Crippen LogP contribution >= 0.6 is 0 Å². The number of esters is 1. The molecule has 0 aliphatic carbocycles. The number of ether oxygens (including phenoxy) is 2. The van der Waals surface area contributed by atoms with Crippen LogP contribution in [-0.4, -0.2) is 18.2 Å². The second kappa shape index (κ2) is 4.48. The van der Waals surface area contributed by atoms with Crippen molar-refractivity contribution in [1.29, 1.82) is 0 Å². The fourth-order valence-corrected chi connectivity index (χ4v) is 1.14. The average Bonchev–Trinajstić information content (AvgIpc) is 2.83. The molecule has 0 aliphatic rings. The van der Waals surface area contributed by atoms with Gasteiger partial charge in [-0.1, -0.05) is 11.2 Å². The quantitative estimate of drug-likeness (QED) is 0.582. The second-order valence-electron chi connectivity index (χ2n) is 2.98. The minimum absolute atomic E-state index is 0.266. The maximum atomic E-state index is 11.5. The molecule has 0 unspecified atom stereocenters. The van der Waals surface area contributed by atoms with Crippen molar-refractivity contribution >= 4 is 5.97 Å². The normalized spacial score (nSPS) is 9.81. The molecule has 1 heterocycles. The Hall–Kier alpha value is -2.30. The fraction of sp³-hybridized carbons (Fsp3) is 0.0909. The topological polar surface area (TPSA) is 61.6 Å². The lowest BCUT2D eigenvalue weighted by Gasteiger charge is -2.04. The minimum Gasteiger partial charge on any atom is -0.497 e.